The summed E-state index contributed by atoms with van der Waals surface area (Å²) >= 11 is 0. The normalized spacial score (nSPS) is 12.0. The molecule has 0 radical (unpaired) electrons. The molecule has 22 heavy (non-hydrogen) atoms. The Kier molecular flexibility index (Phi) is 4.80. The lowest BCUT2D eigenvalue weighted by Crippen LogP contribution is -2.12. The van der Waals surface area contributed by atoms with E-state index in [2.05, 4.69) is 4.74 Å². The molecule has 0 fully saturated rings. The Balaban J connectivity index is 2.41. The van der Waals surface area contributed by atoms with Crippen molar-refractivity contribution in [1.29, 1.82) is 0 Å². The molecule has 1 unspecified atom stereocenters. The maximum Gasteiger partial charge on any atom is 0.340 e. The monoisotopic (exact) mass is 312 g/mol. The molecule has 2 aromatic carbocycles. The van der Waals surface area contributed by atoms with Crippen molar-refractivity contribution in [3.63, 3.8) is 0 Å². The third kappa shape index (κ3) is 3.10. The van der Waals surface area contributed by atoms with Crippen LogP contribution in [0.15, 0.2) is 36.4 Å². The molecule has 2 aromatic rings. The van der Waals surface area contributed by atoms with E-state index in [4.69, 9.17) is 0 Å². The molecule has 0 N–H and O–H groups in total. The predicted octanol–water partition coefficient (Wildman–Crippen LogP) is 4.14. The van der Waals surface area contributed by atoms with Crippen molar-refractivity contribution in [1.82, 2.24) is 0 Å². The number of ether oxygens (including phenoxy) is 1. The Morgan fingerprint density at radius 3 is 2.32 bits per heavy atom. The minimum Gasteiger partial charge on any atom is -0.465 e. The maximum atomic E-state index is 14.3. The average Bonchev–Trinajstić information content (AvgIpc) is 2.53. The van der Waals surface area contributed by atoms with Crippen molar-refractivity contribution < 1.29 is 27.1 Å². The van der Waals surface area contributed by atoms with Crippen LogP contribution in [0, 0.1) is 17.5 Å². The van der Waals surface area contributed by atoms with Crippen LogP contribution in [-0.4, -0.2) is 13.1 Å². The fourth-order valence-electron chi connectivity index (χ4n) is 2.04. The molecule has 116 valence electrons. The number of alkyl halides is 1. The highest BCUT2D eigenvalue weighted by Crippen LogP contribution is 2.29. The standard InChI is InChI=1S/C16H12F4O2/c1-22-16(21)11-8-10(13(18)15(20)14(11)19)12(17)7-9-5-3-2-4-6-9/h2-6,8,12H,7H2,1H3. The van der Waals surface area contributed by atoms with Gasteiger partial charge in [0.05, 0.1) is 12.7 Å². The van der Waals surface area contributed by atoms with Gasteiger partial charge in [-0.05, 0) is 11.6 Å². The Labute approximate surface area is 124 Å². The first-order valence-corrected chi connectivity index (χ1v) is 6.39. The van der Waals surface area contributed by atoms with Crippen LogP contribution in [0.25, 0.3) is 0 Å². The first kappa shape index (κ1) is 16.0. The lowest BCUT2D eigenvalue weighted by atomic mass is 9.99. The van der Waals surface area contributed by atoms with E-state index in [1.165, 1.54) is 0 Å². The van der Waals surface area contributed by atoms with Gasteiger partial charge >= 0.3 is 5.97 Å². The molecule has 0 heterocycles. The van der Waals surface area contributed by atoms with E-state index in [9.17, 15) is 22.4 Å². The van der Waals surface area contributed by atoms with Crippen molar-refractivity contribution in [2.24, 2.45) is 0 Å². The summed E-state index contributed by atoms with van der Waals surface area (Å²) < 4.78 is 59.3. The molecule has 0 spiro atoms. The molecule has 6 heteroatoms. The van der Waals surface area contributed by atoms with E-state index in [1.54, 1.807) is 30.3 Å². The molecule has 0 amide bonds. The van der Waals surface area contributed by atoms with Crippen molar-refractivity contribution in [2.75, 3.05) is 7.11 Å². The highest BCUT2D eigenvalue weighted by atomic mass is 19.2. The minimum absolute atomic E-state index is 0.233. The van der Waals surface area contributed by atoms with Gasteiger partial charge in [0.25, 0.3) is 0 Å². The van der Waals surface area contributed by atoms with Crippen LogP contribution in [0.4, 0.5) is 17.6 Å². The first-order chi connectivity index (χ1) is 10.5. The maximum absolute atomic E-state index is 14.3. The van der Waals surface area contributed by atoms with Gasteiger partial charge < -0.3 is 4.74 Å². The van der Waals surface area contributed by atoms with Crippen LogP contribution >= 0.6 is 0 Å². The number of carbonyl (C=O) groups is 1. The van der Waals surface area contributed by atoms with E-state index < -0.39 is 40.7 Å². The second kappa shape index (κ2) is 6.60. The zero-order chi connectivity index (χ0) is 16.3. The Morgan fingerprint density at radius 1 is 1.09 bits per heavy atom. The van der Waals surface area contributed by atoms with Crippen LogP contribution in [-0.2, 0) is 11.2 Å². The lowest BCUT2D eigenvalue weighted by molar-refractivity contribution is 0.0593. The Morgan fingerprint density at radius 2 is 1.73 bits per heavy atom. The van der Waals surface area contributed by atoms with Crippen LogP contribution in [0.1, 0.15) is 27.7 Å². The van der Waals surface area contributed by atoms with Crippen LogP contribution in [0.3, 0.4) is 0 Å². The molecule has 2 rings (SSSR count). The molecule has 1 atom stereocenters. The van der Waals surface area contributed by atoms with Gasteiger partial charge in [-0.15, -0.1) is 0 Å². The number of halogens is 4. The van der Waals surface area contributed by atoms with E-state index in [0.717, 1.165) is 7.11 Å². The summed E-state index contributed by atoms with van der Waals surface area (Å²) in [6.07, 6.45) is -2.16. The quantitative estimate of drug-likeness (QED) is 0.482. The molecule has 0 aliphatic heterocycles. The summed E-state index contributed by atoms with van der Waals surface area (Å²) in [5.74, 6) is -6.44. The van der Waals surface area contributed by atoms with Gasteiger partial charge in [-0.25, -0.2) is 22.4 Å². The average molecular weight is 312 g/mol. The number of benzene rings is 2. The van der Waals surface area contributed by atoms with E-state index in [0.29, 0.717) is 11.6 Å². The summed E-state index contributed by atoms with van der Waals surface area (Å²) in [6, 6.07) is 8.95. The Bertz CT molecular complexity index is 686. The smallest absolute Gasteiger partial charge is 0.340 e. The molecular weight excluding hydrogens is 300 g/mol. The van der Waals surface area contributed by atoms with Crippen molar-refractivity contribution >= 4 is 5.97 Å². The summed E-state index contributed by atoms with van der Waals surface area (Å²) in [6.45, 7) is 0. The van der Waals surface area contributed by atoms with Gasteiger partial charge in [-0.1, -0.05) is 30.3 Å². The topological polar surface area (TPSA) is 26.3 Å². The fourth-order valence-corrected chi connectivity index (χ4v) is 2.04. The SMILES string of the molecule is COC(=O)c1cc(C(F)Cc2ccccc2)c(F)c(F)c1F. The molecular formula is C16H12F4O2. The third-order valence-corrected chi connectivity index (χ3v) is 3.18. The number of methoxy groups -OCH3 is 1. The van der Waals surface area contributed by atoms with Crippen molar-refractivity contribution in [2.45, 2.75) is 12.6 Å². The predicted molar refractivity (Wildman–Crippen MR) is 71.7 cm³/mol. The van der Waals surface area contributed by atoms with Gasteiger partial charge in [0, 0.05) is 12.0 Å². The molecule has 0 aliphatic rings. The van der Waals surface area contributed by atoms with Crippen LogP contribution in [0.5, 0.6) is 0 Å². The van der Waals surface area contributed by atoms with Gasteiger partial charge in [-0.2, -0.15) is 0 Å². The molecule has 0 saturated carbocycles. The summed E-state index contributed by atoms with van der Waals surface area (Å²) in [5.41, 5.74) is -1.01. The molecule has 0 saturated heterocycles. The van der Waals surface area contributed by atoms with Gasteiger partial charge in [-0.3, -0.25) is 0 Å². The highest BCUT2D eigenvalue weighted by Gasteiger charge is 2.27. The molecule has 2 nitrogen and oxygen atoms in total. The largest absolute Gasteiger partial charge is 0.465 e. The lowest BCUT2D eigenvalue weighted by Gasteiger charge is -2.13. The number of carbonyl (C=O) groups excluding carboxylic acids is 1. The second-order valence-electron chi connectivity index (χ2n) is 4.60. The number of hydrogen-bond acceptors (Lipinski definition) is 2. The van der Waals surface area contributed by atoms with E-state index in [1.807, 2.05) is 0 Å². The summed E-state index contributed by atoms with van der Waals surface area (Å²) in [4.78, 5) is 11.4. The Hall–Kier alpha value is -2.37. The minimum atomic E-state index is -1.93. The molecule has 0 bridgehead atoms. The number of hydrogen-bond donors (Lipinski definition) is 0. The fraction of sp³-hybridized carbons (Fsp3) is 0.188. The number of esters is 1. The van der Waals surface area contributed by atoms with Crippen molar-refractivity contribution in [3.05, 3.63) is 70.5 Å². The van der Waals surface area contributed by atoms with Crippen LogP contribution < -0.4 is 0 Å². The summed E-state index contributed by atoms with van der Waals surface area (Å²) in [5, 5.41) is 0. The van der Waals surface area contributed by atoms with Crippen LogP contribution in [0.2, 0.25) is 0 Å². The third-order valence-electron chi connectivity index (χ3n) is 3.18. The first-order valence-electron chi connectivity index (χ1n) is 6.39. The molecule has 0 aromatic heterocycles. The zero-order valence-electron chi connectivity index (χ0n) is 11.6. The van der Waals surface area contributed by atoms with E-state index in [-0.39, 0.29) is 6.42 Å². The second-order valence-corrected chi connectivity index (χ2v) is 4.60. The summed E-state index contributed by atoms with van der Waals surface area (Å²) in [7, 11) is 0.958. The van der Waals surface area contributed by atoms with Crippen molar-refractivity contribution in [3.8, 4) is 0 Å². The number of rotatable bonds is 4. The zero-order valence-corrected chi connectivity index (χ0v) is 11.6. The van der Waals surface area contributed by atoms with Gasteiger partial charge in [0.2, 0.25) is 0 Å². The highest BCUT2D eigenvalue weighted by molar-refractivity contribution is 5.89. The van der Waals surface area contributed by atoms with Gasteiger partial charge in [0.15, 0.2) is 17.5 Å². The van der Waals surface area contributed by atoms with E-state index >= 15 is 0 Å². The van der Waals surface area contributed by atoms with Gasteiger partial charge in [0.1, 0.15) is 6.17 Å². The molecule has 0 aliphatic carbocycles.